The van der Waals surface area contributed by atoms with Crippen LogP contribution in [0.15, 0.2) is 5.16 Å². The average molecular weight is 381 g/mol. The van der Waals surface area contributed by atoms with Crippen molar-refractivity contribution >= 4 is 51.2 Å². The molecule has 0 spiro atoms. The Bertz CT molecular complexity index is 973. The normalized spacial score (nSPS) is 20.8. The number of nitrogens with one attached hydrogen (secondary N) is 1. The van der Waals surface area contributed by atoms with Crippen molar-refractivity contribution in [3.63, 3.8) is 0 Å². The zero-order valence-corrected chi connectivity index (χ0v) is 16.5. The van der Waals surface area contributed by atoms with E-state index in [4.69, 9.17) is 21.9 Å². The van der Waals surface area contributed by atoms with Crippen LogP contribution >= 0.6 is 35.3 Å². The van der Waals surface area contributed by atoms with E-state index in [9.17, 15) is 0 Å². The van der Waals surface area contributed by atoms with Crippen molar-refractivity contribution in [3.05, 3.63) is 15.2 Å². The highest BCUT2D eigenvalue weighted by molar-refractivity contribution is 7.99. The Kier molecular flexibility index (Phi) is 4.19. The molecule has 4 heterocycles. The quantitative estimate of drug-likeness (QED) is 0.402. The topological polar surface area (TPSA) is 55.2 Å². The molecule has 3 aromatic heterocycles. The van der Waals surface area contributed by atoms with Crippen LogP contribution in [0.1, 0.15) is 44.1 Å². The number of rotatable bonds is 4. The molecule has 0 aliphatic carbocycles. The number of aromatic amines is 1. The number of thiophene rings is 1. The Hall–Kier alpha value is -0.960. The van der Waals surface area contributed by atoms with E-state index in [1.165, 1.54) is 10.4 Å². The summed E-state index contributed by atoms with van der Waals surface area (Å²) in [6, 6.07) is 0. The van der Waals surface area contributed by atoms with Crippen LogP contribution in [0.3, 0.4) is 0 Å². The number of aromatic nitrogens is 4. The second kappa shape index (κ2) is 6.09. The average Bonchev–Trinajstić information content (AvgIpc) is 3.13. The fraction of sp³-hybridized carbons (Fsp3) is 0.562. The zero-order chi connectivity index (χ0) is 16.9. The molecule has 3 aromatic rings. The predicted octanol–water partition coefficient (Wildman–Crippen LogP) is 4.75. The second-order valence-electron chi connectivity index (χ2n) is 6.38. The van der Waals surface area contributed by atoms with Crippen LogP contribution in [0.5, 0.6) is 0 Å². The molecule has 4 rings (SSSR count). The molecule has 1 unspecified atom stereocenters. The van der Waals surface area contributed by atoms with Gasteiger partial charge in [0.1, 0.15) is 0 Å². The minimum absolute atomic E-state index is 0.0747. The van der Waals surface area contributed by atoms with Crippen molar-refractivity contribution in [2.75, 3.05) is 5.75 Å². The first-order valence-corrected chi connectivity index (χ1v) is 10.5. The maximum Gasteiger partial charge on any atom is 0.201 e. The summed E-state index contributed by atoms with van der Waals surface area (Å²) in [4.78, 5) is 6.33. The van der Waals surface area contributed by atoms with Gasteiger partial charge in [-0.2, -0.15) is 5.10 Å². The number of thioether (sulfide) groups is 1. The van der Waals surface area contributed by atoms with Gasteiger partial charge < -0.3 is 4.74 Å². The van der Waals surface area contributed by atoms with E-state index in [-0.39, 0.29) is 5.60 Å². The smallest absolute Gasteiger partial charge is 0.201 e. The summed E-state index contributed by atoms with van der Waals surface area (Å²) >= 11 is 8.95. The lowest BCUT2D eigenvalue weighted by Gasteiger charge is -2.32. The highest BCUT2D eigenvalue weighted by Gasteiger charge is 2.33. The molecule has 5 nitrogen and oxygen atoms in total. The fourth-order valence-electron chi connectivity index (χ4n) is 2.99. The van der Waals surface area contributed by atoms with Gasteiger partial charge in [0.25, 0.3) is 0 Å². The van der Waals surface area contributed by atoms with E-state index in [1.807, 2.05) is 4.40 Å². The molecule has 0 saturated heterocycles. The molecular weight excluding hydrogens is 360 g/mol. The van der Waals surface area contributed by atoms with Crippen molar-refractivity contribution in [2.24, 2.45) is 0 Å². The van der Waals surface area contributed by atoms with Crippen molar-refractivity contribution in [2.45, 2.75) is 57.4 Å². The van der Waals surface area contributed by atoms with E-state index >= 15 is 0 Å². The number of hydrogen-bond acceptors (Lipinski definition) is 6. The summed E-state index contributed by atoms with van der Waals surface area (Å²) in [5.41, 5.74) is 3.08. The van der Waals surface area contributed by atoms with Crippen molar-refractivity contribution in [1.82, 2.24) is 19.6 Å². The van der Waals surface area contributed by atoms with Crippen molar-refractivity contribution < 1.29 is 4.74 Å². The molecule has 0 aromatic carbocycles. The third kappa shape index (κ3) is 2.51. The first kappa shape index (κ1) is 16.5. The van der Waals surface area contributed by atoms with E-state index in [2.05, 4.69) is 31.0 Å². The van der Waals surface area contributed by atoms with Crippen LogP contribution in [0.4, 0.5) is 0 Å². The van der Waals surface area contributed by atoms with Crippen LogP contribution in [0.25, 0.3) is 15.9 Å². The summed E-state index contributed by atoms with van der Waals surface area (Å²) in [7, 11) is 0. The SMILES string of the molecule is CCCSc1nc2c3c(sc2c2n[nH]c(=S)n12)CC(C)(CC)OC3. The Morgan fingerprint density at radius 3 is 3.04 bits per heavy atom. The van der Waals surface area contributed by atoms with Crippen molar-refractivity contribution in [1.29, 1.82) is 0 Å². The molecule has 1 aliphatic heterocycles. The van der Waals surface area contributed by atoms with Crippen LogP contribution in [-0.4, -0.2) is 30.9 Å². The third-order valence-electron chi connectivity index (χ3n) is 4.62. The molecule has 24 heavy (non-hydrogen) atoms. The van der Waals surface area contributed by atoms with Crippen LogP contribution in [-0.2, 0) is 17.8 Å². The molecule has 8 heteroatoms. The van der Waals surface area contributed by atoms with E-state index in [1.54, 1.807) is 23.1 Å². The summed E-state index contributed by atoms with van der Waals surface area (Å²) in [5.74, 6) is 1.01. The van der Waals surface area contributed by atoms with Gasteiger partial charge in [-0.05, 0) is 32.0 Å². The van der Waals surface area contributed by atoms with Gasteiger partial charge in [-0.25, -0.2) is 9.38 Å². The largest absolute Gasteiger partial charge is 0.370 e. The third-order valence-corrected chi connectivity index (χ3v) is 7.26. The molecular formula is C16H20N4OS3. The maximum atomic E-state index is 6.15. The lowest BCUT2D eigenvalue weighted by Crippen LogP contribution is -2.33. The van der Waals surface area contributed by atoms with Gasteiger partial charge >= 0.3 is 0 Å². The standard InChI is InChI=1S/C16H20N4OS3/c1-4-6-23-15-17-11-9-8-21-16(3,5-2)7-10(9)24-12(11)13-18-19-14(22)20(13)15/h4-8H2,1-3H3,(H,19,22). The Morgan fingerprint density at radius 2 is 2.29 bits per heavy atom. The number of hydrogen-bond donors (Lipinski definition) is 1. The van der Waals surface area contributed by atoms with E-state index in [0.717, 1.165) is 46.0 Å². The molecule has 0 radical (unpaired) electrons. The van der Waals surface area contributed by atoms with Crippen LogP contribution in [0.2, 0.25) is 0 Å². The Morgan fingerprint density at radius 1 is 1.46 bits per heavy atom. The van der Waals surface area contributed by atoms with Gasteiger partial charge in [-0.15, -0.1) is 11.3 Å². The van der Waals surface area contributed by atoms with Crippen LogP contribution in [0, 0.1) is 4.77 Å². The van der Waals surface area contributed by atoms with E-state index < -0.39 is 0 Å². The van der Waals surface area contributed by atoms with Gasteiger partial charge in [-0.3, -0.25) is 5.10 Å². The zero-order valence-electron chi connectivity index (χ0n) is 14.0. The number of H-pyrrole nitrogens is 1. The first-order valence-electron chi connectivity index (χ1n) is 8.24. The molecule has 0 bridgehead atoms. The molecule has 0 saturated carbocycles. The lowest BCUT2D eigenvalue weighted by molar-refractivity contribution is -0.0546. The molecule has 1 aliphatic rings. The summed E-state index contributed by atoms with van der Waals surface area (Å²) in [5, 5.41) is 8.33. The minimum atomic E-state index is -0.0747. The summed E-state index contributed by atoms with van der Waals surface area (Å²) in [6.07, 6.45) is 3.04. The van der Waals surface area contributed by atoms with Gasteiger partial charge in [-0.1, -0.05) is 25.6 Å². The Labute approximate surface area is 153 Å². The maximum absolute atomic E-state index is 6.15. The van der Waals surface area contributed by atoms with Crippen LogP contribution < -0.4 is 0 Å². The molecule has 128 valence electrons. The minimum Gasteiger partial charge on any atom is -0.370 e. The fourth-order valence-corrected chi connectivity index (χ4v) is 5.51. The molecule has 1 atom stereocenters. The number of nitrogens with zero attached hydrogens (tertiary/aromatic N) is 3. The number of fused-ring (bicyclic) bond motifs is 5. The van der Waals surface area contributed by atoms with Gasteiger partial charge in [0, 0.05) is 22.6 Å². The van der Waals surface area contributed by atoms with Crippen molar-refractivity contribution in [3.8, 4) is 0 Å². The molecule has 0 fully saturated rings. The highest BCUT2D eigenvalue weighted by Crippen LogP contribution is 2.41. The highest BCUT2D eigenvalue weighted by atomic mass is 32.2. The predicted molar refractivity (Wildman–Crippen MR) is 102 cm³/mol. The van der Waals surface area contributed by atoms with Gasteiger partial charge in [0.05, 0.1) is 22.4 Å². The molecule has 1 N–H and O–H groups in total. The number of ether oxygens (including phenoxy) is 1. The first-order chi connectivity index (χ1) is 11.6. The molecule has 0 amide bonds. The second-order valence-corrected chi connectivity index (χ2v) is 8.93. The summed E-state index contributed by atoms with van der Waals surface area (Å²) < 4.78 is 9.84. The van der Waals surface area contributed by atoms with Gasteiger partial charge in [0.2, 0.25) is 4.77 Å². The Balaban J connectivity index is 1.96. The lowest BCUT2D eigenvalue weighted by atomic mass is 9.93. The monoisotopic (exact) mass is 380 g/mol. The summed E-state index contributed by atoms with van der Waals surface area (Å²) in [6.45, 7) is 7.17. The van der Waals surface area contributed by atoms with E-state index in [0.29, 0.717) is 11.4 Å². The van der Waals surface area contributed by atoms with Gasteiger partial charge in [0.15, 0.2) is 10.8 Å².